The van der Waals surface area contributed by atoms with Crippen LogP contribution in [0.15, 0.2) is 0 Å². The maximum absolute atomic E-state index is 5.30. The molecule has 7 heavy (non-hydrogen) atoms. The monoisotopic (exact) mass is 100 g/mol. The summed E-state index contributed by atoms with van der Waals surface area (Å²) in [4.78, 5) is 0. The van der Waals surface area contributed by atoms with Gasteiger partial charge in [0.1, 0.15) is 0 Å². The molecule has 2 heteroatoms. The number of hydrogen-bond acceptors (Lipinski definition) is 2. The summed E-state index contributed by atoms with van der Waals surface area (Å²) in [5.41, 5.74) is 5.30. The molecule has 42 valence electrons. The minimum atomic E-state index is 0.755. The van der Waals surface area contributed by atoms with Crippen molar-refractivity contribution in [3.05, 3.63) is 0 Å². The van der Waals surface area contributed by atoms with Crippen molar-refractivity contribution < 1.29 is 0 Å². The fourth-order valence-corrected chi connectivity index (χ4v) is 0.796. The molecule has 0 saturated carbocycles. The van der Waals surface area contributed by atoms with Crippen molar-refractivity contribution in [3.63, 3.8) is 0 Å². The molecule has 1 fully saturated rings. The van der Waals surface area contributed by atoms with Crippen LogP contribution >= 0.6 is 0 Å². The summed E-state index contributed by atoms with van der Waals surface area (Å²) in [5.74, 6) is 0. The van der Waals surface area contributed by atoms with E-state index in [9.17, 15) is 0 Å². The van der Waals surface area contributed by atoms with E-state index in [-0.39, 0.29) is 0 Å². The SMILES string of the molecule is NCCC1CCN1. The first-order valence-electron chi connectivity index (χ1n) is 2.87. The number of rotatable bonds is 2. The molecule has 1 aliphatic rings. The van der Waals surface area contributed by atoms with Crippen LogP contribution in [0.3, 0.4) is 0 Å². The Bertz CT molecular complexity index is 50.0. The molecule has 0 aromatic rings. The first-order chi connectivity index (χ1) is 3.43. The Morgan fingerprint density at radius 3 is 2.57 bits per heavy atom. The molecule has 1 aliphatic heterocycles. The standard InChI is InChI=1S/C5H12N2/c6-3-1-5-2-4-7-5/h5,7H,1-4,6H2. The van der Waals surface area contributed by atoms with Gasteiger partial charge in [0.25, 0.3) is 0 Å². The van der Waals surface area contributed by atoms with E-state index in [0.29, 0.717) is 0 Å². The lowest BCUT2D eigenvalue weighted by atomic mass is 10.0. The minimum absolute atomic E-state index is 0.755. The first-order valence-corrected chi connectivity index (χ1v) is 2.87. The largest absolute Gasteiger partial charge is 0.330 e. The molecule has 0 amide bonds. The Morgan fingerprint density at radius 2 is 2.43 bits per heavy atom. The molecule has 0 radical (unpaired) electrons. The predicted octanol–water partition coefficient (Wildman–Crippen LogP) is -0.303. The van der Waals surface area contributed by atoms with Crippen molar-refractivity contribution in [1.82, 2.24) is 5.32 Å². The van der Waals surface area contributed by atoms with Gasteiger partial charge < -0.3 is 11.1 Å². The second-order valence-electron chi connectivity index (χ2n) is 2.02. The summed E-state index contributed by atoms with van der Waals surface area (Å²) in [7, 11) is 0. The van der Waals surface area contributed by atoms with Crippen molar-refractivity contribution in [1.29, 1.82) is 0 Å². The summed E-state index contributed by atoms with van der Waals surface area (Å²) in [6, 6.07) is 0.755. The van der Waals surface area contributed by atoms with E-state index in [1.807, 2.05) is 0 Å². The van der Waals surface area contributed by atoms with Crippen LogP contribution in [0.25, 0.3) is 0 Å². The van der Waals surface area contributed by atoms with E-state index < -0.39 is 0 Å². The summed E-state index contributed by atoms with van der Waals surface area (Å²) >= 11 is 0. The van der Waals surface area contributed by atoms with Gasteiger partial charge in [-0.3, -0.25) is 0 Å². The van der Waals surface area contributed by atoms with Crippen LogP contribution in [0.4, 0.5) is 0 Å². The summed E-state index contributed by atoms with van der Waals surface area (Å²) in [5, 5.41) is 3.27. The van der Waals surface area contributed by atoms with Crippen molar-refractivity contribution in [3.8, 4) is 0 Å². The van der Waals surface area contributed by atoms with Crippen LogP contribution < -0.4 is 11.1 Å². The summed E-state index contributed by atoms with van der Waals surface area (Å²) in [6.45, 7) is 2.03. The van der Waals surface area contributed by atoms with E-state index in [1.165, 1.54) is 13.0 Å². The molecule has 0 aliphatic carbocycles. The van der Waals surface area contributed by atoms with Gasteiger partial charge >= 0.3 is 0 Å². The fourth-order valence-electron chi connectivity index (χ4n) is 0.796. The highest BCUT2D eigenvalue weighted by molar-refractivity contribution is 4.76. The molecule has 0 spiro atoms. The van der Waals surface area contributed by atoms with Crippen LogP contribution in [0.2, 0.25) is 0 Å². The third-order valence-electron chi connectivity index (χ3n) is 1.44. The summed E-state index contributed by atoms with van der Waals surface area (Å²) < 4.78 is 0. The van der Waals surface area contributed by atoms with E-state index in [1.54, 1.807) is 0 Å². The Hall–Kier alpha value is -0.0800. The zero-order valence-corrected chi connectivity index (χ0v) is 4.48. The molecule has 0 bridgehead atoms. The molecular formula is C5H12N2. The number of nitrogens with one attached hydrogen (secondary N) is 1. The van der Waals surface area contributed by atoms with Gasteiger partial charge in [0.15, 0.2) is 0 Å². The zero-order chi connectivity index (χ0) is 5.11. The Morgan fingerprint density at radius 1 is 1.71 bits per heavy atom. The molecule has 1 rings (SSSR count). The van der Waals surface area contributed by atoms with Crippen LogP contribution in [0.1, 0.15) is 12.8 Å². The molecule has 0 aromatic carbocycles. The topological polar surface area (TPSA) is 38.0 Å². The van der Waals surface area contributed by atoms with E-state index in [2.05, 4.69) is 5.32 Å². The normalized spacial score (nSPS) is 29.6. The van der Waals surface area contributed by atoms with Gasteiger partial charge in [-0.15, -0.1) is 0 Å². The van der Waals surface area contributed by atoms with Crippen LogP contribution in [0, 0.1) is 0 Å². The molecule has 1 saturated heterocycles. The molecular weight excluding hydrogens is 88.1 g/mol. The van der Waals surface area contributed by atoms with Crippen molar-refractivity contribution in [2.45, 2.75) is 18.9 Å². The van der Waals surface area contributed by atoms with E-state index in [4.69, 9.17) is 5.73 Å². The van der Waals surface area contributed by atoms with Gasteiger partial charge in [0, 0.05) is 6.04 Å². The highest BCUT2D eigenvalue weighted by Crippen LogP contribution is 2.03. The lowest BCUT2D eigenvalue weighted by Gasteiger charge is -2.26. The van der Waals surface area contributed by atoms with Crippen molar-refractivity contribution in [2.75, 3.05) is 13.1 Å². The second kappa shape index (κ2) is 2.28. The summed E-state index contributed by atoms with van der Waals surface area (Å²) in [6.07, 6.45) is 2.48. The average molecular weight is 100 g/mol. The Balaban J connectivity index is 1.93. The fraction of sp³-hybridized carbons (Fsp3) is 1.00. The van der Waals surface area contributed by atoms with Gasteiger partial charge in [0.2, 0.25) is 0 Å². The smallest absolute Gasteiger partial charge is 0.00911 e. The highest BCUT2D eigenvalue weighted by Gasteiger charge is 2.13. The van der Waals surface area contributed by atoms with Gasteiger partial charge in [0.05, 0.1) is 0 Å². The molecule has 1 atom stereocenters. The zero-order valence-electron chi connectivity index (χ0n) is 4.48. The van der Waals surface area contributed by atoms with Gasteiger partial charge in [-0.2, -0.15) is 0 Å². The van der Waals surface area contributed by atoms with E-state index in [0.717, 1.165) is 19.0 Å². The van der Waals surface area contributed by atoms with E-state index >= 15 is 0 Å². The van der Waals surface area contributed by atoms with Crippen molar-refractivity contribution in [2.24, 2.45) is 5.73 Å². The van der Waals surface area contributed by atoms with Gasteiger partial charge in [-0.25, -0.2) is 0 Å². The van der Waals surface area contributed by atoms with Crippen LogP contribution in [-0.4, -0.2) is 19.1 Å². The van der Waals surface area contributed by atoms with Crippen LogP contribution in [0.5, 0.6) is 0 Å². The average Bonchev–Trinajstić information content (AvgIpc) is 1.55. The predicted molar refractivity (Wildman–Crippen MR) is 30.1 cm³/mol. The molecule has 2 nitrogen and oxygen atoms in total. The Kier molecular flexibility index (Phi) is 1.65. The van der Waals surface area contributed by atoms with Gasteiger partial charge in [-0.1, -0.05) is 0 Å². The second-order valence-corrected chi connectivity index (χ2v) is 2.02. The quantitative estimate of drug-likeness (QED) is 0.500. The van der Waals surface area contributed by atoms with Gasteiger partial charge in [-0.05, 0) is 25.9 Å². The van der Waals surface area contributed by atoms with Crippen molar-refractivity contribution >= 4 is 0 Å². The molecule has 1 unspecified atom stereocenters. The first kappa shape index (κ1) is 5.06. The Labute approximate surface area is 44.1 Å². The molecule has 0 aromatic heterocycles. The molecule has 1 heterocycles. The maximum atomic E-state index is 5.30. The third-order valence-corrected chi connectivity index (χ3v) is 1.44. The third kappa shape index (κ3) is 1.14. The number of nitrogens with two attached hydrogens (primary N) is 1. The maximum Gasteiger partial charge on any atom is 0.00911 e. The minimum Gasteiger partial charge on any atom is -0.330 e. The lowest BCUT2D eigenvalue weighted by Crippen LogP contribution is -2.43. The lowest BCUT2D eigenvalue weighted by molar-refractivity contribution is 0.355. The van der Waals surface area contributed by atoms with Crippen LogP contribution in [-0.2, 0) is 0 Å². The molecule has 3 N–H and O–H groups in total. The highest BCUT2D eigenvalue weighted by atomic mass is 15.0. The number of hydrogen-bond donors (Lipinski definition) is 2.